The molecule has 0 unspecified atom stereocenters. The van der Waals surface area contributed by atoms with Crippen LogP contribution in [0.25, 0.3) is 22.2 Å². The number of carbonyl (C=O) groups excluding carboxylic acids is 1. The Bertz CT molecular complexity index is 1830. The maximum absolute atomic E-state index is 15.2. The predicted octanol–water partition coefficient (Wildman–Crippen LogP) is 6.49. The van der Waals surface area contributed by atoms with Crippen LogP contribution in [-0.2, 0) is 11.3 Å². The molecule has 3 aromatic heterocycles. The minimum Gasteiger partial charge on any atom is -0.506 e. The van der Waals surface area contributed by atoms with E-state index in [1.807, 2.05) is 0 Å². The zero-order chi connectivity index (χ0) is 30.0. The molecule has 0 fully saturated rings. The lowest BCUT2D eigenvalue weighted by atomic mass is 9.95. The second-order valence-electron chi connectivity index (χ2n) is 9.39. The molecule has 0 aliphatic rings. The first kappa shape index (κ1) is 28.4. The van der Waals surface area contributed by atoms with Gasteiger partial charge in [-0.3, -0.25) is 14.8 Å². The van der Waals surface area contributed by atoms with E-state index in [2.05, 4.69) is 20.3 Å². The van der Waals surface area contributed by atoms with Gasteiger partial charge in [-0.1, -0.05) is 6.07 Å². The number of pyridine rings is 3. The smallest absolute Gasteiger partial charge is 0.261 e. The molecule has 5 rings (SSSR count). The topological polar surface area (TPSA) is 116 Å². The van der Waals surface area contributed by atoms with Crippen molar-refractivity contribution >= 4 is 22.6 Å². The standard InChI is InChI=1S/C31H26F2N4O5/c1-16-11-18(32)5-7-21(16)27-17(2)36-24(15-40-3)28(30(27)38)31(39)37-19-6-8-25(22(33)12-19)42-26-9-10-34-23-13-20(41-4)14-35-29(23)26/h5-14H,15H2,1-4H3,(H,36,38)(H,37,39). The Kier molecular flexibility index (Phi) is 7.94. The number of aromatic nitrogens is 3. The molecule has 0 spiro atoms. The summed E-state index contributed by atoms with van der Waals surface area (Å²) in [5.41, 5.74) is 2.83. The molecule has 214 valence electrons. The van der Waals surface area contributed by atoms with Crippen LogP contribution in [0.1, 0.15) is 27.3 Å². The number of methoxy groups -OCH3 is 2. The minimum absolute atomic E-state index is 0.0687. The number of aryl methyl sites for hydroxylation is 2. The van der Waals surface area contributed by atoms with Crippen LogP contribution in [0.2, 0.25) is 0 Å². The maximum atomic E-state index is 15.2. The molecule has 0 aliphatic heterocycles. The summed E-state index contributed by atoms with van der Waals surface area (Å²) in [5.74, 6) is -1.58. The molecule has 0 bridgehead atoms. The SMILES string of the molecule is COCc1nc(C)c(-c2ccc(F)cc2C)c(O)c1C(=O)Nc1ccc(Oc2ccnc3cc(OC)cnc23)c(F)c1. The summed E-state index contributed by atoms with van der Waals surface area (Å²) >= 11 is 0. The van der Waals surface area contributed by atoms with E-state index in [1.165, 1.54) is 56.9 Å². The van der Waals surface area contributed by atoms with Crippen molar-refractivity contribution in [2.75, 3.05) is 19.5 Å². The lowest BCUT2D eigenvalue weighted by Gasteiger charge is -2.18. The molecule has 9 nitrogen and oxygen atoms in total. The second-order valence-corrected chi connectivity index (χ2v) is 9.39. The average Bonchev–Trinajstić information content (AvgIpc) is 2.95. The molecule has 1 amide bonds. The molecule has 0 radical (unpaired) electrons. The van der Waals surface area contributed by atoms with E-state index in [-0.39, 0.29) is 46.4 Å². The molecule has 3 heterocycles. The fraction of sp³-hybridized carbons (Fsp3) is 0.161. The Morgan fingerprint density at radius 3 is 2.52 bits per heavy atom. The molecule has 0 atom stereocenters. The van der Waals surface area contributed by atoms with Crippen LogP contribution >= 0.6 is 0 Å². The van der Waals surface area contributed by atoms with Gasteiger partial charge in [0.25, 0.3) is 5.91 Å². The fourth-order valence-electron chi connectivity index (χ4n) is 4.61. The molecule has 5 aromatic rings. The van der Waals surface area contributed by atoms with Crippen molar-refractivity contribution < 1.29 is 32.9 Å². The first-order valence-corrected chi connectivity index (χ1v) is 12.8. The van der Waals surface area contributed by atoms with E-state index < -0.39 is 17.5 Å². The molecule has 11 heteroatoms. The molecule has 0 saturated carbocycles. The average molecular weight is 573 g/mol. The van der Waals surface area contributed by atoms with Crippen LogP contribution in [0.4, 0.5) is 14.5 Å². The van der Waals surface area contributed by atoms with E-state index in [4.69, 9.17) is 14.2 Å². The summed E-state index contributed by atoms with van der Waals surface area (Å²) < 4.78 is 45.1. The summed E-state index contributed by atoms with van der Waals surface area (Å²) in [7, 11) is 2.94. The number of hydrogen-bond acceptors (Lipinski definition) is 8. The normalized spacial score (nSPS) is 11.0. The Labute approximate surface area is 239 Å². The molecule has 0 saturated heterocycles. The third-order valence-corrected chi connectivity index (χ3v) is 6.55. The predicted molar refractivity (Wildman–Crippen MR) is 152 cm³/mol. The van der Waals surface area contributed by atoms with Gasteiger partial charge in [0.2, 0.25) is 0 Å². The number of hydrogen-bond donors (Lipinski definition) is 2. The molecular formula is C31H26F2N4O5. The van der Waals surface area contributed by atoms with Crippen LogP contribution < -0.4 is 14.8 Å². The van der Waals surface area contributed by atoms with Gasteiger partial charge in [0.15, 0.2) is 17.3 Å². The van der Waals surface area contributed by atoms with Gasteiger partial charge in [-0.15, -0.1) is 0 Å². The van der Waals surface area contributed by atoms with Crippen LogP contribution in [0.3, 0.4) is 0 Å². The minimum atomic E-state index is -0.753. The summed E-state index contributed by atoms with van der Waals surface area (Å²) in [6, 6.07) is 11.2. The van der Waals surface area contributed by atoms with Crippen LogP contribution in [0, 0.1) is 25.5 Å². The van der Waals surface area contributed by atoms with E-state index in [1.54, 1.807) is 26.0 Å². The van der Waals surface area contributed by atoms with Crippen molar-refractivity contribution in [3.05, 3.63) is 95.1 Å². The highest BCUT2D eigenvalue weighted by Gasteiger charge is 2.25. The lowest BCUT2D eigenvalue weighted by molar-refractivity contribution is 0.101. The van der Waals surface area contributed by atoms with Gasteiger partial charge in [-0.05, 0) is 49.2 Å². The number of fused-ring (bicyclic) bond motifs is 1. The number of carbonyl (C=O) groups is 1. The van der Waals surface area contributed by atoms with Gasteiger partial charge < -0.3 is 24.6 Å². The van der Waals surface area contributed by atoms with Crippen molar-refractivity contribution in [2.24, 2.45) is 0 Å². The van der Waals surface area contributed by atoms with Crippen molar-refractivity contribution in [1.29, 1.82) is 0 Å². The van der Waals surface area contributed by atoms with Crippen LogP contribution in [0.5, 0.6) is 23.0 Å². The molecule has 0 aliphatic carbocycles. The summed E-state index contributed by atoms with van der Waals surface area (Å²) in [6.07, 6.45) is 3.01. The number of rotatable bonds is 8. The van der Waals surface area contributed by atoms with Gasteiger partial charge in [-0.2, -0.15) is 0 Å². The number of ether oxygens (including phenoxy) is 3. The second kappa shape index (κ2) is 11.8. The maximum Gasteiger partial charge on any atom is 0.261 e. The highest BCUT2D eigenvalue weighted by molar-refractivity contribution is 6.08. The fourth-order valence-corrected chi connectivity index (χ4v) is 4.61. The zero-order valence-corrected chi connectivity index (χ0v) is 23.2. The first-order chi connectivity index (χ1) is 20.2. The van der Waals surface area contributed by atoms with Crippen LogP contribution in [0.15, 0.2) is 60.9 Å². The van der Waals surface area contributed by atoms with E-state index in [0.717, 1.165) is 6.07 Å². The van der Waals surface area contributed by atoms with Crippen molar-refractivity contribution in [1.82, 2.24) is 15.0 Å². The number of halogens is 2. The van der Waals surface area contributed by atoms with Crippen molar-refractivity contribution in [3.63, 3.8) is 0 Å². The number of anilines is 1. The Balaban J connectivity index is 1.45. The highest BCUT2D eigenvalue weighted by atomic mass is 19.1. The summed E-state index contributed by atoms with van der Waals surface area (Å²) in [6.45, 7) is 3.29. The number of nitrogens with one attached hydrogen (secondary N) is 1. The third-order valence-electron chi connectivity index (χ3n) is 6.55. The van der Waals surface area contributed by atoms with Gasteiger partial charge in [0.05, 0.1) is 31.1 Å². The largest absolute Gasteiger partial charge is 0.506 e. The third kappa shape index (κ3) is 5.54. The number of benzene rings is 2. The molecule has 42 heavy (non-hydrogen) atoms. The summed E-state index contributed by atoms with van der Waals surface area (Å²) in [4.78, 5) is 26.5. The number of nitrogens with zero attached hydrogens (tertiary/aromatic N) is 3. The monoisotopic (exact) mass is 572 g/mol. The Morgan fingerprint density at radius 2 is 1.81 bits per heavy atom. The molecule has 2 aromatic carbocycles. The van der Waals surface area contributed by atoms with E-state index in [9.17, 15) is 14.3 Å². The van der Waals surface area contributed by atoms with Crippen LogP contribution in [-0.4, -0.2) is 40.2 Å². The molecular weight excluding hydrogens is 546 g/mol. The van der Waals surface area contributed by atoms with E-state index in [0.29, 0.717) is 33.6 Å². The van der Waals surface area contributed by atoms with Crippen molar-refractivity contribution in [3.8, 4) is 34.1 Å². The van der Waals surface area contributed by atoms with Gasteiger partial charge in [0.1, 0.15) is 28.4 Å². The van der Waals surface area contributed by atoms with Gasteiger partial charge in [0, 0.05) is 48.5 Å². The lowest BCUT2D eigenvalue weighted by Crippen LogP contribution is -2.17. The van der Waals surface area contributed by atoms with Gasteiger partial charge >= 0.3 is 0 Å². The number of amides is 1. The number of aromatic hydroxyl groups is 1. The highest BCUT2D eigenvalue weighted by Crippen LogP contribution is 2.39. The Morgan fingerprint density at radius 1 is 1.00 bits per heavy atom. The molecule has 2 N–H and O–H groups in total. The summed E-state index contributed by atoms with van der Waals surface area (Å²) in [5, 5.41) is 13.9. The quantitative estimate of drug-likeness (QED) is 0.217. The first-order valence-electron chi connectivity index (χ1n) is 12.8. The zero-order valence-electron chi connectivity index (χ0n) is 23.2. The van der Waals surface area contributed by atoms with Gasteiger partial charge in [-0.25, -0.2) is 13.8 Å². The van der Waals surface area contributed by atoms with Crippen molar-refractivity contribution in [2.45, 2.75) is 20.5 Å². The van der Waals surface area contributed by atoms with E-state index >= 15 is 4.39 Å². The Hall–Kier alpha value is -5.16.